The lowest BCUT2D eigenvalue weighted by Gasteiger charge is -2.32. The number of halogens is 1. The van der Waals surface area contributed by atoms with Gasteiger partial charge in [-0.2, -0.15) is 0 Å². The molecule has 2 aliphatic rings. The number of hydrogen-bond donors (Lipinski definition) is 1. The molecule has 2 unspecified atom stereocenters. The van der Waals surface area contributed by atoms with E-state index in [4.69, 9.17) is 0 Å². The van der Waals surface area contributed by atoms with Crippen LogP contribution in [0.15, 0.2) is 22.7 Å². The Labute approximate surface area is 145 Å². The van der Waals surface area contributed by atoms with Crippen molar-refractivity contribution in [2.45, 2.75) is 13.3 Å². The molecule has 23 heavy (non-hydrogen) atoms. The molecule has 0 spiro atoms. The van der Waals surface area contributed by atoms with Gasteiger partial charge in [-0.15, -0.1) is 0 Å². The first-order chi connectivity index (χ1) is 11.0. The highest BCUT2D eigenvalue weighted by molar-refractivity contribution is 9.10. The summed E-state index contributed by atoms with van der Waals surface area (Å²) < 4.78 is 0.988. The van der Waals surface area contributed by atoms with Crippen molar-refractivity contribution in [3.05, 3.63) is 28.2 Å². The second-order valence-corrected chi connectivity index (χ2v) is 7.44. The molecule has 5 nitrogen and oxygen atoms in total. The Bertz CT molecular complexity index is 626. The van der Waals surface area contributed by atoms with E-state index in [1.165, 1.54) is 0 Å². The minimum Gasteiger partial charge on any atom is -0.340 e. The molecule has 1 aromatic rings. The summed E-state index contributed by atoms with van der Waals surface area (Å²) in [4.78, 5) is 29.0. The number of nitrogens with zero attached hydrogens (tertiary/aromatic N) is 2. The molecule has 1 aliphatic heterocycles. The molecule has 3 rings (SSSR count). The topological polar surface area (TPSA) is 52.7 Å². The summed E-state index contributed by atoms with van der Waals surface area (Å²) in [6, 6.07) is 5.76. The number of amides is 2. The minimum atomic E-state index is -0.176. The van der Waals surface area contributed by atoms with Crippen LogP contribution in [-0.2, 0) is 9.59 Å². The molecule has 6 heteroatoms. The van der Waals surface area contributed by atoms with E-state index in [0.717, 1.165) is 41.9 Å². The first kappa shape index (κ1) is 16.5. The first-order valence-corrected chi connectivity index (χ1v) is 8.79. The summed E-state index contributed by atoms with van der Waals surface area (Å²) in [7, 11) is 2.07. The smallest absolute Gasteiger partial charge is 0.228 e. The van der Waals surface area contributed by atoms with E-state index in [1.807, 2.05) is 30.0 Å². The molecular weight excluding hydrogens is 358 g/mol. The number of hydrogen-bond acceptors (Lipinski definition) is 3. The maximum atomic E-state index is 12.5. The van der Waals surface area contributed by atoms with Crippen molar-refractivity contribution in [3.8, 4) is 0 Å². The van der Waals surface area contributed by atoms with Crippen molar-refractivity contribution >= 4 is 33.4 Å². The average Bonchev–Trinajstić information content (AvgIpc) is 3.31. The Hall–Kier alpha value is -1.40. The van der Waals surface area contributed by atoms with Crippen LogP contribution in [0.5, 0.6) is 0 Å². The third kappa shape index (κ3) is 3.75. The van der Waals surface area contributed by atoms with Gasteiger partial charge in [-0.25, -0.2) is 0 Å². The number of carbonyl (C=O) groups is 2. The summed E-state index contributed by atoms with van der Waals surface area (Å²) in [5.74, 6) is -0.201. The van der Waals surface area contributed by atoms with Crippen LogP contribution in [0.25, 0.3) is 0 Å². The number of benzene rings is 1. The second kappa shape index (κ2) is 6.61. The van der Waals surface area contributed by atoms with Crippen molar-refractivity contribution in [2.75, 3.05) is 38.5 Å². The number of piperazine rings is 1. The molecule has 0 bridgehead atoms. The molecule has 1 saturated heterocycles. The zero-order valence-electron chi connectivity index (χ0n) is 13.5. The van der Waals surface area contributed by atoms with E-state index < -0.39 is 0 Å². The maximum absolute atomic E-state index is 12.5. The third-order valence-electron chi connectivity index (χ3n) is 4.71. The summed E-state index contributed by atoms with van der Waals surface area (Å²) >= 11 is 3.41. The highest BCUT2D eigenvalue weighted by Crippen LogP contribution is 2.41. The van der Waals surface area contributed by atoms with Gasteiger partial charge in [0.15, 0.2) is 0 Å². The van der Waals surface area contributed by atoms with Crippen LogP contribution in [0.4, 0.5) is 5.69 Å². The van der Waals surface area contributed by atoms with Crippen molar-refractivity contribution in [2.24, 2.45) is 11.8 Å². The molecule has 1 aliphatic carbocycles. The van der Waals surface area contributed by atoms with Gasteiger partial charge in [0.1, 0.15) is 0 Å². The minimum absolute atomic E-state index is 0.0390. The normalized spacial score (nSPS) is 24.4. The number of likely N-dealkylation sites (N-methyl/N-ethyl adjacent to an activating group) is 1. The molecule has 0 aromatic heterocycles. The van der Waals surface area contributed by atoms with Crippen LogP contribution in [-0.4, -0.2) is 54.8 Å². The third-order valence-corrected chi connectivity index (χ3v) is 5.20. The van der Waals surface area contributed by atoms with E-state index in [0.29, 0.717) is 6.42 Å². The van der Waals surface area contributed by atoms with E-state index in [2.05, 4.69) is 33.2 Å². The number of rotatable bonds is 3. The van der Waals surface area contributed by atoms with Crippen LogP contribution < -0.4 is 5.32 Å². The SMILES string of the molecule is Cc1cc(Br)ccc1NC(=O)C1CC1C(=O)N1CCN(C)CC1. The molecule has 0 radical (unpaired) electrons. The molecule has 2 atom stereocenters. The van der Waals surface area contributed by atoms with Gasteiger partial charge in [0, 0.05) is 36.3 Å². The van der Waals surface area contributed by atoms with Crippen LogP contribution >= 0.6 is 15.9 Å². The van der Waals surface area contributed by atoms with Gasteiger partial charge in [-0.3, -0.25) is 9.59 Å². The lowest BCUT2D eigenvalue weighted by molar-refractivity contribution is -0.135. The lowest BCUT2D eigenvalue weighted by Crippen LogP contribution is -2.48. The van der Waals surface area contributed by atoms with E-state index in [9.17, 15) is 9.59 Å². The van der Waals surface area contributed by atoms with Gasteiger partial charge in [0.25, 0.3) is 0 Å². The van der Waals surface area contributed by atoms with Gasteiger partial charge >= 0.3 is 0 Å². The molecule has 1 aromatic carbocycles. The maximum Gasteiger partial charge on any atom is 0.228 e. The Balaban J connectivity index is 1.55. The summed E-state index contributed by atoms with van der Waals surface area (Å²) in [5, 5.41) is 2.96. The zero-order valence-corrected chi connectivity index (χ0v) is 15.1. The highest BCUT2D eigenvalue weighted by Gasteiger charge is 2.49. The molecule has 124 valence electrons. The summed E-state index contributed by atoms with van der Waals surface area (Å²) in [6.45, 7) is 5.32. The van der Waals surface area contributed by atoms with Gasteiger partial charge < -0.3 is 15.1 Å². The Kier molecular flexibility index (Phi) is 4.73. The van der Waals surface area contributed by atoms with Crippen molar-refractivity contribution < 1.29 is 9.59 Å². The standard InChI is InChI=1S/C17H22BrN3O2/c1-11-9-12(18)3-4-15(11)19-16(22)13-10-14(13)17(23)21-7-5-20(2)6-8-21/h3-4,9,13-14H,5-8,10H2,1-2H3,(H,19,22). The molecule has 1 N–H and O–H groups in total. The Morgan fingerprint density at radius 2 is 1.87 bits per heavy atom. The van der Waals surface area contributed by atoms with E-state index >= 15 is 0 Å². The molecular formula is C17H22BrN3O2. The fourth-order valence-corrected chi connectivity index (χ4v) is 3.49. The zero-order chi connectivity index (χ0) is 16.6. The number of nitrogens with one attached hydrogen (secondary N) is 1. The largest absolute Gasteiger partial charge is 0.340 e. The van der Waals surface area contributed by atoms with Crippen LogP contribution in [0, 0.1) is 18.8 Å². The molecule has 2 amide bonds. The first-order valence-electron chi connectivity index (χ1n) is 8.00. The lowest BCUT2D eigenvalue weighted by atomic mass is 10.2. The van der Waals surface area contributed by atoms with Crippen LogP contribution in [0.1, 0.15) is 12.0 Å². The Morgan fingerprint density at radius 1 is 1.17 bits per heavy atom. The average molecular weight is 380 g/mol. The second-order valence-electron chi connectivity index (χ2n) is 6.53. The van der Waals surface area contributed by atoms with Gasteiger partial charge in [0.2, 0.25) is 11.8 Å². The fourth-order valence-electron chi connectivity index (χ4n) is 3.01. The van der Waals surface area contributed by atoms with E-state index in [1.54, 1.807) is 0 Å². The Morgan fingerprint density at radius 3 is 2.52 bits per heavy atom. The number of carbonyl (C=O) groups excluding carboxylic acids is 2. The van der Waals surface area contributed by atoms with Crippen molar-refractivity contribution in [3.63, 3.8) is 0 Å². The highest BCUT2D eigenvalue weighted by atomic mass is 79.9. The van der Waals surface area contributed by atoms with E-state index in [-0.39, 0.29) is 23.7 Å². The van der Waals surface area contributed by atoms with Gasteiger partial charge in [-0.05, 0) is 44.2 Å². The quantitative estimate of drug-likeness (QED) is 0.874. The summed E-state index contributed by atoms with van der Waals surface area (Å²) in [5.41, 5.74) is 1.83. The molecule has 1 saturated carbocycles. The summed E-state index contributed by atoms with van der Waals surface area (Å²) in [6.07, 6.45) is 0.673. The van der Waals surface area contributed by atoms with Crippen molar-refractivity contribution in [1.82, 2.24) is 9.80 Å². The van der Waals surface area contributed by atoms with Crippen LogP contribution in [0.2, 0.25) is 0 Å². The number of anilines is 1. The monoisotopic (exact) mass is 379 g/mol. The predicted molar refractivity (Wildman–Crippen MR) is 93.2 cm³/mol. The van der Waals surface area contributed by atoms with Gasteiger partial charge in [0.05, 0.1) is 11.8 Å². The van der Waals surface area contributed by atoms with Crippen LogP contribution in [0.3, 0.4) is 0 Å². The molecule has 1 heterocycles. The fraction of sp³-hybridized carbons (Fsp3) is 0.529. The predicted octanol–water partition coefficient (Wildman–Crippen LogP) is 2.11. The van der Waals surface area contributed by atoms with Gasteiger partial charge in [-0.1, -0.05) is 15.9 Å². The molecule has 2 fully saturated rings. The number of aryl methyl sites for hydroxylation is 1. The van der Waals surface area contributed by atoms with Crippen molar-refractivity contribution in [1.29, 1.82) is 0 Å².